The molecule has 9 heteroatoms. The first-order valence-electron chi connectivity index (χ1n) is 8.52. The van der Waals surface area contributed by atoms with E-state index in [1.165, 1.54) is 0 Å². The number of H-pyrrole nitrogens is 2. The van der Waals surface area contributed by atoms with Crippen molar-refractivity contribution >= 4 is 51.5 Å². The van der Waals surface area contributed by atoms with E-state index >= 15 is 0 Å². The third-order valence-corrected chi connectivity index (χ3v) is 5.47. The van der Waals surface area contributed by atoms with Crippen LogP contribution in [0.2, 0.25) is 10.0 Å². The number of hydrogen-bond acceptors (Lipinski definition) is 4. The highest BCUT2D eigenvalue weighted by Crippen LogP contribution is 2.40. The number of anilines is 2. The summed E-state index contributed by atoms with van der Waals surface area (Å²) in [6.07, 6.45) is 5.11. The molecule has 0 aliphatic carbocycles. The lowest BCUT2D eigenvalue weighted by Crippen LogP contribution is -2.45. The number of halogens is 2. The summed E-state index contributed by atoms with van der Waals surface area (Å²) in [6, 6.07) is 7.17. The number of pyridine rings is 1. The Bertz CT molecular complexity index is 1200. The van der Waals surface area contributed by atoms with Crippen molar-refractivity contribution in [3.63, 3.8) is 0 Å². The molecule has 3 aromatic heterocycles. The van der Waals surface area contributed by atoms with Gasteiger partial charge in [0.25, 0.3) is 5.91 Å². The minimum absolute atomic E-state index is 0.191. The normalized spacial score (nSPS) is 14.0. The highest BCUT2D eigenvalue weighted by Gasteiger charge is 2.33. The molecule has 2 N–H and O–H groups in total. The smallest absolute Gasteiger partial charge is 0.263 e. The van der Waals surface area contributed by atoms with Gasteiger partial charge in [-0.15, -0.1) is 0 Å². The Morgan fingerprint density at radius 1 is 1.14 bits per heavy atom. The van der Waals surface area contributed by atoms with Gasteiger partial charge in [-0.1, -0.05) is 29.3 Å². The van der Waals surface area contributed by atoms with Crippen LogP contribution in [0.4, 0.5) is 11.4 Å². The third-order valence-electron chi connectivity index (χ3n) is 4.86. The summed E-state index contributed by atoms with van der Waals surface area (Å²) in [5.74, 6) is -0.191. The molecular formula is C19H14Cl2N6O. The molecule has 0 unspecified atom stereocenters. The predicted octanol–water partition coefficient (Wildman–Crippen LogP) is 4.31. The molecule has 140 valence electrons. The lowest BCUT2D eigenvalue weighted by molar-refractivity contribution is 0.0982. The number of aromatic amines is 2. The molecule has 1 aromatic carbocycles. The van der Waals surface area contributed by atoms with E-state index in [0.717, 1.165) is 22.3 Å². The highest BCUT2D eigenvalue weighted by molar-refractivity contribution is 6.40. The predicted molar refractivity (Wildman–Crippen MR) is 110 cm³/mol. The van der Waals surface area contributed by atoms with Crippen LogP contribution in [-0.2, 0) is 0 Å². The maximum atomic E-state index is 13.3. The fourth-order valence-electron chi connectivity index (χ4n) is 3.59. The molecule has 0 radical (unpaired) electrons. The van der Waals surface area contributed by atoms with Crippen LogP contribution in [-0.4, -0.2) is 39.8 Å². The Hall–Kier alpha value is -3.03. The maximum absolute atomic E-state index is 13.3. The van der Waals surface area contributed by atoms with Crippen molar-refractivity contribution in [1.29, 1.82) is 0 Å². The van der Waals surface area contributed by atoms with Gasteiger partial charge in [-0.05, 0) is 18.2 Å². The average Bonchev–Trinajstić information content (AvgIpc) is 3.33. The third kappa shape index (κ3) is 2.47. The van der Waals surface area contributed by atoms with E-state index in [1.807, 2.05) is 18.0 Å². The second kappa shape index (κ2) is 6.25. The molecule has 0 saturated heterocycles. The number of nitrogens with one attached hydrogen (secondary N) is 2. The minimum Gasteiger partial charge on any atom is -0.355 e. The molecule has 1 amide bonds. The second-order valence-electron chi connectivity index (χ2n) is 6.60. The summed E-state index contributed by atoms with van der Waals surface area (Å²) in [5, 5.41) is 8.50. The van der Waals surface area contributed by atoms with Crippen LogP contribution < -0.4 is 9.80 Å². The fraction of sp³-hybridized carbons (Fsp3) is 0.105. The molecule has 0 saturated carbocycles. The number of rotatable bonds is 2. The summed E-state index contributed by atoms with van der Waals surface area (Å²) in [4.78, 5) is 24.6. The highest BCUT2D eigenvalue weighted by atomic mass is 35.5. The van der Waals surface area contributed by atoms with Crippen LogP contribution in [0.3, 0.4) is 0 Å². The van der Waals surface area contributed by atoms with Gasteiger partial charge in [-0.3, -0.25) is 14.8 Å². The van der Waals surface area contributed by atoms with Gasteiger partial charge in [-0.25, -0.2) is 4.98 Å². The lowest BCUT2D eigenvalue weighted by Gasteiger charge is -2.36. The summed E-state index contributed by atoms with van der Waals surface area (Å²) in [5.41, 5.74) is 4.32. The molecule has 4 heterocycles. The largest absolute Gasteiger partial charge is 0.355 e. The first-order valence-corrected chi connectivity index (χ1v) is 9.28. The van der Waals surface area contributed by atoms with Gasteiger partial charge in [-0.2, -0.15) is 5.10 Å². The first-order chi connectivity index (χ1) is 13.5. The van der Waals surface area contributed by atoms with E-state index in [-0.39, 0.29) is 5.91 Å². The van der Waals surface area contributed by atoms with Crippen molar-refractivity contribution in [2.75, 3.05) is 23.5 Å². The number of fused-ring (bicyclic) bond motifs is 3. The van der Waals surface area contributed by atoms with Crippen LogP contribution in [0.15, 0.2) is 42.9 Å². The van der Waals surface area contributed by atoms with Crippen LogP contribution in [0.25, 0.3) is 22.3 Å². The van der Waals surface area contributed by atoms with Gasteiger partial charge in [0.15, 0.2) is 0 Å². The average molecular weight is 413 g/mol. The Balaban J connectivity index is 1.66. The van der Waals surface area contributed by atoms with E-state index in [9.17, 15) is 4.79 Å². The van der Waals surface area contributed by atoms with E-state index < -0.39 is 0 Å². The number of benzene rings is 1. The zero-order valence-corrected chi connectivity index (χ0v) is 16.2. The van der Waals surface area contributed by atoms with Gasteiger partial charge >= 0.3 is 0 Å². The number of nitrogens with zero attached hydrogens (tertiary/aromatic N) is 4. The van der Waals surface area contributed by atoms with Crippen LogP contribution >= 0.6 is 23.2 Å². The van der Waals surface area contributed by atoms with Crippen molar-refractivity contribution in [3.05, 3.63) is 58.5 Å². The summed E-state index contributed by atoms with van der Waals surface area (Å²) in [6.45, 7) is 0.320. The van der Waals surface area contributed by atoms with Crippen molar-refractivity contribution in [2.45, 2.75) is 0 Å². The molecule has 0 atom stereocenters. The Morgan fingerprint density at radius 3 is 2.64 bits per heavy atom. The SMILES string of the molecule is CN1CN(c2c(Cl)cccc2Cl)C(=O)c2cnc3[nH]c(-c4cn[nH]c4)cc3c21. The number of para-hydroxylation sites is 1. The molecule has 1 aliphatic rings. The zero-order chi connectivity index (χ0) is 19.4. The molecule has 28 heavy (non-hydrogen) atoms. The van der Waals surface area contributed by atoms with Crippen molar-refractivity contribution < 1.29 is 4.79 Å². The van der Waals surface area contributed by atoms with Crippen LogP contribution in [0.5, 0.6) is 0 Å². The number of hydrogen-bond donors (Lipinski definition) is 2. The fourth-order valence-corrected chi connectivity index (χ4v) is 4.20. The number of carbonyl (C=O) groups excluding carboxylic acids is 1. The van der Waals surface area contributed by atoms with E-state index in [0.29, 0.717) is 33.6 Å². The van der Waals surface area contributed by atoms with Crippen molar-refractivity contribution in [2.24, 2.45) is 0 Å². The first kappa shape index (κ1) is 17.1. The number of carbonyl (C=O) groups is 1. The van der Waals surface area contributed by atoms with Gasteiger partial charge < -0.3 is 9.88 Å². The molecule has 4 aromatic rings. The number of amides is 1. The van der Waals surface area contributed by atoms with Crippen molar-refractivity contribution in [1.82, 2.24) is 20.2 Å². The van der Waals surface area contributed by atoms with E-state index in [1.54, 1.807) is 41.7 Å². The van der Waals surface area contributed by atoms with Gasteiger partial charge in [0.1, 0.15) is 5.65 Å². The molecule has 0 fully saturated rings. The Morgan fingerprint density at radius 2 is 1.93 bits per heavy atom. The molecule has 0 spiro atoms. The Labute approximate surface area is 169 Å². The molecular weight excluding hydrogens is 399 g/mol. The molecule has 0 bridgehead atoms. The zero-order valence-electron chi connectivity index (χ0n) is 14.7. The second-order valence-corrected chi connectivity index (χ2v) is 7.41. The topological polar surface area (TPSA) is 80.9 Å². The van der Waals surface area contributed by atoms with E-state index in [2.05, 4.69) is 20.2 Å². The monoisotopic (exact) mass is 412 g/mol. The van der Waals surface area contributed by atoms with Gasteiger partial charge in [0, 0.05) is 30.4 Å². The molecule has 5 rings (SSSR count). The summed E-state index contributed by atoms with van der Waals surface area (Å²) in [7, 11) is 1.92. The maximum Gasteiger partial charge on any atom is 0.263 e. The number of aromatic nitrogens is 4. The standard InChI is InChI=1S/C19H14Cl2N6O/c1-26-9-27(17-13(20)3-2-4-14(17)21)19(28)12-8-22-18-11(16(12)26)5-15(25-18)10-6-23-24-7-10/h2-8H,9H2,1H3,(H,22,25)(H,23,24). The Kier molecular flexibility index (Phi) is 3.82. The lowest BCUT2D eigenvalue weighted by atomic mass is 10.1. The van der Waals surface area contributed by atoms with E-state index in [4.69, 9.17) is 23.2 Å². The summed E-state index contributed by atoms with van der Waals surface area (Å²) >= 11 is 12.7. The minimum atomic E-state index is -0.191. The van der Waals surface area contributed by atoms with Gasteiger partial charge in [0.2, 0.25) is 0 Å². The molecule has 7 nitrogen and oxygen atoms in total. The quantitative estimate of drug-likeness (QED) is 0.513. The molecule has 1 aliphatic heterocycles. The van der Waals surface area contributed by atoms with Crippen LogP contribution in [0.1, 0.15) is 10.4 Å². The van der Waals surface area contributed by atoms with Crippen LogP contribution in [0, 0.1) is 0 Å². The van der Waals surface area contributed by atoms with Crippen molar-refractivity contribution in [3.8, 4) is 11.3 Å². The van der Waals surface area contributed by atoms with Gasteiger partial charge in [0.05, 0.1) is 45.5 Å². The summed E-state index contributed by atoms with van der Waals surface area (Å²) < 4.78 is 0.